The lowest BCUT2D eigenvalue weighted by molar-refractivity contribution is -0.419. The van der Waals surface area contributed by atoms with Gasteiger partial charge in [0.25, 0.3) is 11.5 Å². The summed E-state index contributed by atoms with van der Waals surface area (Å²) in [4.78, 5) is 9.94. The smallest absolute Gasteiger partial charge is 0.269 e. The molecule has 1 rings (SSSR count). The fourth-order valence-electron chi connectivity index (χ4n) is 1.00. The van der Waals surface area contributed by atoms with Crippen LogP contribution in [-0.2, 0) is 4.57 Å². The van der Waals surface area contributed by atoms with Gasteiger partial charge in [0.05, 0.1) is 10.1 Å². The van der Waals surface area contributed by atoms with Crippen LogP contribution < -0.4 is 0 Å². The first-order valence-electron chi connectivity index (χ1n) is 3.99. The van der Waals surface area contributed by atoms with Crippen LogP contribution in [0.25, 0.3) is 0 Å². The molecule has 15 heavy (non-hydrogen) atoms. The Hall–Kier alpha value is -0.570. The molecule has 0 aromatic carbocycles. The van der Waals surface area contributed by atoms with Crippen LogP contribution in [0.1, 0.15) is 6.92 Å². The molecule has 0 aliphatic heterocycles. The Morgan fingerprint density at radius 3 is 2.53 bits per heavy atom. The number of allylic oxidation sites excluding steroid dienone is 5. The minimum Gasteiger partial charge on any atom is -0.288 e. The third-order valence-corrected chi connectivity index (χ3v) is 5.67. The summed E-state index contributed by atoms with van der Waals surface area (Å²) >= 11 is 11.2. The molecule has 0 bridgehead atoms. The Balaban J connectivity index is 3.12. The minimum atomic E-state index is -3.42. The van der Waals surface area contributed by atoms with Crippen molar-refractivity contribution in [3.8, 4) is 0 Å². The number of hydrogen-bond acceptors (Lipinski definition) is 3. The molecular formula is C8H8Cl2NO3P. The summed E-state index contributed by atoms with van der Waals surface area (Å²) in [5, 5.41) is 9.42. The molecule has 0 aromatic heterocycles. The van der Waals surface area contributed by atoms with E-state index >= 15 is 0 Å². The predicted octanol–water partition coefficient (Wildman–Crippen LogP) is 3.70. The van der Waals surface area contributed by atoms with Crippen LogP contribution in [0.15, 0.2) is 36.1 Å². The molecule has 4 nitrogen and oxygen atoms in total. The standard InChI is InChI=1S/C8H8Cl2NO3P/c1-8(15(9,10)14)5-2-3-7(4-6-8)11(12)13/h2-6H,1H3. The topological polar surface area (TPSA) is 60.2 Å². The molecule has 0 amide bonds. The van der Waals surface area contributed by atoms with Crippen LogP contribution >= 0.6 is 28.3 Å². The van der Waals surface area contributed by atoms with E-state index in [1.54, 1.807) is 6.92 Å². The third-order valence-electron chi connectivity index (χ3n) is 2.06. The molecule has 1 atom stereocenters. The number of nitro groups is 1. The summed E-state index contributed by atoms with van der Waals surface area (Å²) in [6, 6.07) is 0. The zero-order chi connectivity index (χ0) is 11.7. The second-order valence-electron chi connectivity index (χ2n) is 3.23. The highest BCUT2D eigenvalue weighted by atomic mass is 35.9. The molecule has 0 radical (unpaired) electrons. The Kier molecular flexibility index (Phi) is 3.44. The van der Waals surface area contributed by atoms with Crippen LogP contribution in [0.3, 0.4) is 0 Å². The first-order valence-corrected chi connectivity index (χ1v) is 7.50. The molecule has 0 N–H and O–H groups in total. The second-order valence-corrected chi connectivity index (χ2v) is 8.49. The van der Waals surface area contributed by atoms with Crippen molar-refractivity contribution in [2.45, 2.75) is 12.1 Å². The largest absolute Gasteiger partial charge is 0.288 e. The molecule has 0 saturated heterocycles. The fraction of sp³-hybridized carbons (Fsp3) is 0.250. The highest BCUT2D eigenvalue weighted by Gasteiger charge is 2.38. The predicted molar refractivity (Wildman–Crippen MR) is 61.1 cm³/mol. The molecular weight excluding hydrogens is 260 g/mol. The molecule has 0 aromatic rings. The Bertz CT molecular complexity index is 424. The monoisotopic (exact) mass is 267 g/mol. The van der Waals surface area contributed by atoms with E-state index in [4.69, 9.17) is 22.5 Å². The summed E-state index contributed by atoms with van der Waals surface area (Å²) in [5.74, 6) is -3.42. The number of rotatable bonds is 2. The molecule has 0 spiro atoms. The lowest BCUT2D eigenvalue weighted by Crippen LogP contribution is -2.13. The third kappa shape index (κ3) is 2.71. The van der Waals surface area contributed by atoms with Crippen LogP contribution in [0, 0.1) is 10.1 Å². The molecule has 0 heterocycles. The minimum absolute atomic E-state index is 0.100. The van der Waals surface area contributed by atoms with E-state index in [1.807, 2.05) is 0 Å². The van der Waals surface area contributed by atoms with Crippen molar-refractivity contribution in [2.75, 3.05) is 0 Å². The van der Waals surface area contributed by atoms with Crippen LogP contribution in [0.2, 0.25) is 0 Å². The molecule has 82 valence electrons. The van der Waals surface area contributed by atoms with Crippen molar-refractivity contribution in [3.05, 3.63) is 46.2 Å². The molecule has 0 fully saturated rings. The first-order chi connectivity index (χ1) is 6.76. The SMILES string of the molecule is CC1(P(=O)(Cl)Cl)C=CC=C([N+](=O)[O-])C=C1. The van der Waals surface area contributed by atoms with Crippen molar-refractivity contribution in [1.82, 2.24) is 0 Å². The summed E-state index contributed by atoms with van der Waals surface area (Å²) in [5.41, 5.74) is -0.100. The molecule has 1 aliphatic carbocycles. The van der Waals surface area contributed by atoms with Crippen LogP contribution in [0.5, 0.6) is 0 Å². The summed E-state index contributed by atoms with van der Waals surface area (Å²) < 4.78 is 11.6. The van der Waals surface area contributed by atoms with Crippen LogP contribution in [-0.4, -0.2) is 10.1 Å². The highest BCUT2D eigenvalue weighted by molar-refractivity contribution is 8.09. The van der Waals surface area contributed by atoms with Gasteiger partial charge in [0.2, 0.25) is 0 Å². The van der Waals surface area contributed by atoms with Crippen molar-refractivity contribution in [2.24, 2.45) is 0 Å². The van der Waals surface area contributed by atoms with Crippen molar-refractivity contribution < 1.29 is 9.49 Å². The van der Waals surface area contributed by atoms with Gasteiger partial charge in [0.15, 0.2) is 0 Å². The first kappa shape index (κ1) is 12.5. The van der Waals surface area contributed by atoms with Gasteiger partial charge in [-0.2, -0.15) is 0 Å². The number of hydrogen-bond donors (Lipinski definition) is 0. The van der Waals surface area contributed by atoms with Crippen molar-refractivity contribution in [3.63, 3.8) is 0 Å². The van der Waals surface area contributed by atoms with E-state index in [2.05, 4.69) is 0 Å². The maximum atomic E-state index is 11.6. The second kappa shape index (κ2) is 4.12. The van der Waals surface area contributed by atoms with E-state index in [9.17, 15) is 14.7 Å². The van der Waals surface area contributed by atoms with Gasteiger partial charge in [-0.3, -0.25) is 14.7 Å². The van der Waals surface area contributed by atoms with E-state index in [-0.39, 0.29) is 5.70 Å². The van der Waals surface area contributed by atoms with Gasteiger partial charge in [-0.05, 0) is 29.4 Å². The van der Waals surface area contributed by atoms with Gasteiger partial charge in [-0.15, -0.1) is 0 Å². The van der Waals surface area contributed by atoms with E-state index in [0.29, 0.717) is 0 Å². The van der Waals surface area contributed by atoms with E-state index in [0.717, 1.165) is 0 Å². The normalized spacial score (nSPS) is 25.9. The van der Waals surface area contributed by atoms with Gasteiger partial charge >= 0.3 is 0 Å². The lowest BCUT2D eigenvalue weighted by atomic mass is 10.1. The lowest BCUT2D eigenvalue weighted by Gasteiger charge is -2.21. The number of nitrogens with zero attached hydrogens (tertiary/aromatic N) is 1. The van der Waals surface area contributed by atoms with Gasteiger partial charge < -0.3 is 0 Å². The Morgan fingerprint density at radius 2 is 2.07 bits per heavy atom. The summed E-state index contributed by atoms with van der Waals surface area (Å²) in [6.07, 6.45) is 6.84. The zero-order valence-corrected chi connectivity index (χ0v) is 10.2. The highest BCUT2D eigenvalue weighted by Crippen LogP contribution is 2.68. The summed E-state index contributed by atoms with van der Waals surface area (Å²) in [7, 11) is 0. The maximum Gasteiger partial charge on any atom is 0.269 e. The Morgan fingerprint density at radius 1 is 1.47 bits per heavy atom. The fourth-order valence-corrected chi connectivity index (χ4v) is 2.19. The van der Waals surface area contributed by atoms with Crippen molar-refractivity contribution in [1.29, 1.82) is 0 Å². The van der Waals surface area contributed by atoms with Crippen molar-refractivity contribution >= 4 is 28.3 Å². The van der Waals surface area contributed by atoms with Gasteiger partial charge in [0.1, 0.15) is 0 Å². The average molecular weight is 268 g/mol. The molecule has 1 unspecified atom stereocenters. The summed E-state index contributed by atoms with van der Waals surface area (Å²) in [6.45, 7) is 1.55. The maximum absolute atomic E-state index is 11.6. The van der Waals surface area contributed by atoms with Crippen LogP contribution in [0.4, 0.5) is 0 Å². The number of halogens is 2. The molecule has 1 aliphatic rings. The average Bonchev–Trinajstić information content (AvgIpc) is 2.26. The molecule has 7 heteroatoms. The quantitative estimate of drug-likeness (QED) is 0.435. The van der Waals surface area contributed by atoms with E-state index < -0.39 is 15.9 Å². The van der Waals surface area contributed by atoms with Gasteiger partial charge in [0, 0.05) is 12.2 Å². The molecule has 0 saturated carbocycles. The van der Waals surface area contributed by atoms with Gasteiger partial charge in [-0.25, -0.2) is 0 Å². The zero-order valence-electron chi connectivity index (χ0n) is 7.76. The van der Waals surface area contributed by atoms with E-state index in [1.165, 1.54) is 30.4 Å². The van der Waals surface area contributed by atoms with Gasteiger partial charge in [-0.1, -0.05) is 18.2 Å². The Labute approximate surface area is 96.4 Å².